The predicted molar refractivity (Wildman–Crippen MR) is 99.4 cm³/mol. The van der Waals surface area contributed by atoms with Crippen LogP contribution in [0.25, 0.3) is 22.2 Å². The molecule has 0 bridgehead atoms. The van der Waals surface area contributed by atoms with Crippen LogP contribution in [-0.2, 0) is 20.7 Å². The average Bonchev–Trinajstić information content (AvgIpc) is 3.27. The molecule has 1 unspecified atom stereocenters. The van der Waals surface area contributed by atoms with E-state index in [1.807, 2.05) is 0 Å². The van der Waals surface area contributed by atoms with E-state index in [2.05, 4.69) is 10.3 Å². The Morgan fingerprint density at radius 3 is 2.59 bits per heavy atom. The fourth-order valence-electron chi connectivity index (χ4n) is 3.53. The summed E-state index contributed by atoms with van der Waals surface area (Å²) < 4.78 is 46.2. The summed E-state index contributed by atoms with van der Waals surface area (Å²) in [5.74, 6) is -3.12. The van der Waals surface area contributed by atoms with E-state index in [9.17, 15) is 22.8 Å². The highest BCUT2D eigenvalue weighted by atomic mass is 19.1. The molecule has 2 heterocycles. The molecule has 5 nitrogen and oxygen atoms in total. The molecule has 0 saturated carbocycles. The van der Waals surface area contributed by atoms with Crippen LogP contribution in [-0.4, -0.2) is 30.0 Å². The number of halogens is 3. The molecule has 2 aromatic carbocycles. The van der Waals surface area contributed by atoms with E-state index in [0.29, 0.717) is 22.2 Å². The van der Waals surface area contributed by atoms with E-state index in [1.54, 1.807) is 0 Å². The quantitative estimate of drug-likeness (QED) is 0.642. The van der Waals surface area contributed by atoms with Gasteiger partial charge in [0.05, 0.1) is 17.9 Å². The monoisotopic (exact) mass is 402 g/mol. The Kier molecular flexibility index (Phi) is 5.00. The minimum absolute atomic E-state index is 0.0379. The van der Waals surface area contributed by atoms with Crippen LogP contribution < -0.4 is 5.32 Å². The standard InChI is InChI=1S/C21H17F3N2O3/c22-13-3-1-11(2-4-13)19-15(16-8-14(23)9-17(24)20(16)26-19)5-6-25-21(28)12-7-18(27)29-10-12/h1-4,8-9,12,26H,5-7,10H2,(H,25,28). The van der Waals surface area contributed by atoms with Gasteiger partial charge in [-0.15, -0.1) is 0 Å². The Morgan fingerprint density at radius 1 is 1.14 bits per heavy atom. The third kappa shape index (κ3) is 3.83. The molecular formula is C21H17F3N2O3. The minimum atomic E-state index is -0.736. The van der Waals surface area contributed by atoms with E-state index < -0.39 is 29.3 Å². The van der Waals surface area contributed by atoms with Crippen molar-refractivity contribution in [3.05, 3.63) is 59.4 Å². The number of H-pyrrole nitrogens is 1. The number of nitrogens with one attached hydrogen (secondary N) is 2. The number of hydrogen-bond donors (Lipinski definition) is 2. The maximum atomic E-state index is 14.3. The first-order valence-corrected chi connectivity index (χ1v) is 9.11. The average molecular weight is 402 g/mol. The molecule has 2 N–H and O–H groups in total. The summed E-state index contributed by atoms with van der Waals surface area (Å²) >= 11 is 0. The van der Waals surface area contributed by atoms with Crippen molar-refractivity contribution in [1.82, 2.24) is 10.3 Å². The summed E-state index contributed by atoms with van der Waals surface area (Å²) in [6, 6.07) is 7.65. The molecule has 3 aromatic rings. The maximum absolute atomic E-state index is 14.3. The lowest BCUT2D eigenvalue weighted by atomic mass is 10.0. The zero-order valence-corrected chi connectivity index (χ0v) is 15.2. The Labute approximate surface area is 163 Å². The second-order valence-corrected chi connectivity index (χ2v) is 6.92. The van der Waals surface area contributed by atoms with Crippen molar-refractivity contribution in [1.29, 1.82) is 0 Å². The summed E-state index contributed by atoms with van der Waals surface area (Å²) in [6.45, 7) is 0.248. The number of cyclic esters (lactones) is 1. The lowest BCUT2D eigenvalue weighted by Crippen LogP contribution is -2.32. The Hall–Kier alpha value is -3.29. The summed E-state index contributed by atoms with van der Waals surface area (Å²) in [6.07, 6.45) is 0.318. The second kappa shape index (κ2) is 7.62. The Morgan fingerprint density at radius 2 is 1.90 bits per heavy atom. The number of rotatable bonds is 5. The van der Waals surface area contributed by atoms with Crippen molar-refractivity contribution in [2.45, 2.75) is 12.8 Å². The first kappa shape index (κ1) is 19.0. The van der Waals surface area contributed by atoms with Gasteiger partial charge in [0.15, 0.2) is 0 Å². The van der Waals surface area contributed by atoms with Gasteiger partial charge in [0.1, 0.15) is 24.1 Å². The highest BCUT2D eigenvalue weighted by molar-refractivity contribution is 5.91. The third-order valence-corrected chi connectivity index (χ3v) is 4.97. The van der Waals surface area contributed by atoms with Crippen molar-refractivity contribution >= 4 is 22.8 Å². The number of aromatic nitrogens is 1. The van der Waals surface area contributed by atoms with E-state index >= 15 is 0 Å². The highest BCUT2D eigenvalue weighted by Crippen LogP contribution is 2.32. The molecular weight excluding hydrogens is 385 g/mol. The van der Waals surface area contributed by atoms with Crippen LogP contribution in [0.4, 0.5) is 13.2 Å². The van der Waals surface area contributed by atoms with E-state index in [0.717, 1.165) is 6.07 Å². The fourth-order valence-corrected chi connectivity index (χ4v) is 3.53. The van der Waals surface area contributed by atoms with Gasteiger partial charge in [-0.1, -0.05) is 0 Å². The number of hydrogen-bond acceptors (Lipinski definition) is 3. The van der Waals surface area contributed by atoms with Gasteiger partial charge in [0, 0.05) is 23.7 Å². The van der Waals surface area contributed by atoms with Crippen molar-refractivity contribution in [2.24, 2.45) is 5.92 Å². The van der Waals surface area contributed by atoms with Crippen molar-refractivity contribution in [3.63, 3.8) is 0 Å². The molecule has 4 rings (SSSR count). The molecule has 0 radical (unpaired) electrons. The summed E-state index contributed by atoms with van der Waals surface area (Å²) in [7, 11) is 0. The molecule has 1 atom stereocenters. The summed E-state index contributed by atoms with van der Waals surface area (Å²) in [5, 5.41) is 3.09. The first-order chi connectivity index (χ1) is 13.9. The van der Waals surface area contributed by atoms with Crippen LogP contribution in [0.5, 0.6) is 0 Å². The fraction of sp³-hybridized carbons (Fsp3) is 0.238. The minimum Gasteiger partial charge on any atom is -0.465 e. The van der Waals surface area contributed by atoms with Gasteiger partial charge in [0.2, 0.25) is 5.91 Å². The number of ether oxygens (including phenoxy) is 1. The van der Waals surface area contributed by atoms with Crippen molar-refractivity contribution in [2.75, 3.05) is 13.2 Å². The van der Waals surface area contributed by atoms with Gasteiger partial charge < -0.3 is 15.0 Å². The molecule has 1 amide bonds. The molecule has 1 aromatic heterocycles. The summed E-state index contributed by atoms with van der Waals surface area (Å²) in [5.41, 5.74) is 1.88. The Balaban J connectivity index is 1.62. The molecule has 1 fully saturated rings. The number of fused-ring (bicyclic) bond motifs is 1. The van der Waals surface area contributed by atoms with Gasteiger partial charge >= 0.3 is 5.97 Å². The van der Waals surface area contributed by atoms with Crippen LogP contribution in [0.2, 0.25) is 0 Å². The zero-order chi connectivity index (χ0) is 20.5. The van der Waals surface area contributed by atoms with E-state index in [-0.39, 0.29) is 37.4 Å². The van der Waals surface area contributed by atoms with Gasteiger partial charge in [0.25, 0.3) is 0 Å². The zero-order valence-electron chi connectivity index (χ0n) is 15.2. The van der Waals surface area contributed by atoms with E-state index in [1.165, 1.54) is 30.3 Å². The molecule has 0 spiro atoms. The van der Waals surface area contributed by atoms with Crippen LogP contribution >= 0.6 is 0 Å². The number of aromatic amines is 1. The maximum Gasteiger partial charge on any atom is 0.306 e. The summed E-state index contributed by atoms with van der Waals surface area (Å²) in [4.78, 5) is 26.3. The normalized spacial score (nSPS) is 16.2. The molecule has 1 aliphatic rings. The number of benzene rings is 2. The SMILES string of the molecule is O=C1CC(C(=O)NCCc2c(-c3ccc(F)cc3)[nH]c3c(F)cc(F)cc23)CO1. The molecule has 150 valence electrons. The Bertz CT molecular complexity index is 1090. The number of carbonyl (C=O) groups is 2. The second-order valence-electron chi connectivity index (χ2n) is 6.92. The van der Waals surface area contributed by atoms with Crippen molar-refractivity contribution < 1.29 is 27.5 Å². The van der Waals surface area contributed by atoms with Gasteiger partial charge in [-0.2, -0.15) is 0 Å². The van der Waals surface area contributed by atoms with Crippen LogP contribution in [0.15, 0.2) is 36.4 Å². The van der Waals surface area contributed by atoms with E-state index in [4.69, 9.17) is 4.74 Å². The van der Waals surface area contributed by atoms with Gasteiger partial charge in [-0.05, 0) is 47.9 Å². The molecule has 1 aliphatic heterocycles. The highest BCUT2D eigenvalue weighted by Gasteiger charge is 2.29. The third-order valence-electron chi connectivity index (χ3n) is 4.97. The number of carbonyl (C=O) groups excluding carboxylic acids is 2. The first-order valence-electron chi connectivity index (χ1n) is 9.11. The van der Waals surface area contributed by atoms with Gasteiger partial charge in [-0.3, -0.25) is 9.59 Å². The number of esters is 1. The smallest absolute Gasteiger partial charge is 0.306 e. The lowest BCUT2D eigenvalue weighted by molar-refractivity contribution is -0.137. The molecule has 29 heavy (non-hydrogen) atoms. The molecule has 0 aliphatic carbocycles. The van der Waals surface area contributed by atoms with Gasteiger partial charge in [-0.25, -0.2) is 13.2 Å². The lowest BCUT2D eigenvalue weighted by Gasteiger charge is -2.10. The van der Waals surface area contributed by atoms with Crippen molar-refractivity contribution in [3.8, 4) is 11.3 Å². The number of amides is 1. The van der Waals surface area contributed by atoms with Crippen LogP contribution in [0.1, 0.15) is 12.0 Å². The molecule has 1 saturated heterocycles. The largest absolute Gasteiger partial charge is 0.465 e. The van der Waals surface area contributed by atoms with Crippen LogP contribution in [0.3, 0.4) is 0 Å². The predicted octanol–water partition coefficient (Wildman–Crippen LogP) is 3.47. The molecule has 8 heteroatoms. The topological polar surface area (TPSA) is 71.2 Å². The van der Waals surface area contributed by atoms with Crippen LogP contribution in [0, 0.1) is 23.4 Å².